The maximum Gasteiger partial charge on any atom is 0.245 e. The summed E-state index contributed by atoms with van der Waals surface area (Å²) in [5.74, 6) is -0.292. The topological polar surface area (TPSA) is 84.5 Å². The van der Waals surface area contributed by atoms with Gasteiger partial charge in [-0.3, -0.25) is 4.79 Å². The fourth-order valence-electron chi connectivity index (χ4n) is 2.61. The highest BCUT2D eigenvalue weighted by atomic mass is 35.5. The second kappa shape index (κ2) is 8.73. The molecule has 0 spiro atoms. The van der Waals surface area contributed by atoms with Gasteiger partial charge in [0, 0.05) is 10.7 Å². The lowest BCUT2D eigenvalue weighted by molar-refractivity contribution is -0.117. The third kappa shape index (κ3) is 5.69. The Hall–Kier alpha value is -2.09. The number of benzene rings is 2. The molecule has 0 fully saturated rings. The molecule has 0 saturated heterocycles. The Labute approximate surface area is 164 Å². The molecule has 0 bridgehead atoms. The summed E-state index contributed by atoms with van der Waals surface area (Å²) >= 11 is 5.93. The third-order valence-corrected chi connectivity index (χ3v) is 5.51. The van der Waals surface area contributed by atoms with Crippen molar-refractivity contribution in [2.24, 2.45) is 0 Å². The quantitative estimate of drug-likeness (QED) is 0.729. The number of hydrogen-bond donors (Lipinski definition) is 2. The maximum absolute atomic E-state index is 12.7. The molecule has 1 unspecified atom stereocenters. The lowest BCUT2D eigenvalue weighted by Crippen LogP contribution is -2.41. The first-order valence-electron chi connectivity index (χ1n) is 8.46. The highest BCUT2D eigenvalue weighted by molar-refractivity contribution is 7.89. The van der Waals surface area contributed by atoms with Gasteiger partial charge in [-0.15, -0.1) is 0 Å². The predicted molar refractivity (Wildman–Crippen MR) is 107 cm³/mol. The van der Waals surface area contributed by atoms with Gasteiger partial charge in [0.2, 0.25) is 15.9 Å². The molecule has 0 aliphatic heterocycles. The number of ether oxygens (including phenoxy) is 1. The Morgan fingerprint density at radius 3 is 2.37 bits per heavy atom. The van der Waals surface area contributed by atoms with E-state index in [0.717, 1.165) is 11.1 Å². The molecule has 0 radical (unpaired) electrons. The molecule has 1 amide bonds. The summed E-state index contributed by atoms with van der Waals surface area (Å²) in [4.78, 5) is 12.3. The number of sulfonamides is 1. The van der Waals surface area contributed by atoms with Crippen molar-refractivity contribution >= 4 is 33.2 Å². The number of anilines is 1. The Balaban J connectivity index is 2.19. The van der Waals surface area contributed by atoms with E-state index >= 15 is 0 Å². The van der Waals surface area contributed by atoms with Crippen LogP contribution in [0.3, 0.4) is 0 Å². The zero-order valence-corrected chi connectivity index (χ0v) is 17.2. The van der Waals surface area contributed by atoms with Crippen LogP contribution in [0.2, 0.25) is 5.02 Å². The molecular formula is C19H23ClN2O4S. The number of rotatable bonds is 7. The van der Waals surface area contributed by atoms with E-state index in [4.69, 9.17) is 16.3 Å². The van der Waals surface area contributed by atoms with Crippen LogP contribution in [0.25, 0.3) is 0 Å². The number of carbonyl (C=O) groups excluding carboxylic acids is 1. The number of hydrogen-bond acceptors (Lipinski definition) is 4. The van der Waals surface area contributed by atoms with Gasteiger partial charge in [-0.25, -0.2) is 8.42 Å². The summed E-state index contributed by atoms with van der Waals surface area (Å²) in [5.41, 5.74) is 2.61. The van der Waals surface area contributed by atoms with Gasteiger partial charge >= 0.3 is 0 Å². The molecular weight excluding hydrogens is 388 g/mol. The van der Waals surface area contributed by atoms with Crippen LogP contribution >= 0.6 is 11.6 Å². The largest absolute Gasteiger partial charge is 0.492 e. The Morgan fingerprint density at radius 1 is 1.15 bits per heavy atom. The molecule has 0 aliphatic carbocycles. The molecule has 0 heterocycles. The summed E-state index contributed by atoms with van der Waals surface area (Å²) in [5, 5.41) is 2.98. The predicted octanol–water partition coefficient (Wildman–Crippen LogP) is 3.66. The van der Waals surface area contributed by atoms with Gasteiger partial charge in [-0.1, -0.05) is 17.7 Å². The van der Waals surface area contributed by atoms with Crippen LogP contribution in [0.1, 0.15) is 25.0 Å². The summed E-state index contributed by atoms with van der Waals surface area (Å²) in [7, 11) is -4.01. The average Bonchev–Trinajstić information content (AvgIpc) is 2.55. The molecule has 1 atom stereocenters. The molecule has 2 aromatic rings. The summed E-state index contributed by atoms with van der Waals surface area (Å²) < 4.78 is 33.2. The molecule has 27 heavy (non-hydrogen) atoms. The van der Waals surface area contributed by atoms with Crippen molar-refractivity contribution in [2.45, 2.75) is 38.6 Å². The number of nitrogens with one attached hydrogen (secondary N) is 2. The van der Waals surface area contributed by atoms with E-state index in [2.05, 4.69) is 10.0 Å². The Morgan fingerprint density at radius 2 is 1.78 bits per heavy atom. The molecule has 2 N–H and O–H groups in total. The summed E-state index contributed by atoms with van der Waals surface area (Å²) in [6, 6.07) is 8.94. The molecule has 0 aromatic heterocycles. The van der Waals surface area contributed by atoms with Gasteiger partial charge in [0.05, 0.1) is 12.6 Å². The van der Waals surface area contributed by atoms with Crippen molar-refractivity contribution < 1.29 is 17.9 Å². The van der Waals surface area contributed by atoms with Crippen molar-refractivity contribution in [3.05, 3.63) is 52.5 Å². The Bertz CT molecular complexity index is 924. The van der Waals surface area contributed by atoms with Crippen molar-refractivity contribution in [3.63, 3.8) is 0 Å². The zero-order chi connectivity index (χ0) is 20.2. The normalized spacial score (nSPS) is 12.5. The van der Waals surface area contributed by atoms with Crippen LogP contribution in [-0.4, -0.2) is 27.0 Å². The van der Waals surface area contributed by atoms with E-state index in [1.807, 2.05) is 32.0 Å². The van der Waals surface area contributed by atoms with Crippen LogP contribution in [0.5, 0.6) is 5.75 Å². The standard InChI is InChI=1S/C19H23ClN2O4S/c1-5-26-17-7-6-15(20)11-18(17)27(24,25)22-14(4)19(23)21-16-9-12(2)8-13(3)10-16/h6-11,14,22H,5H2,1-4H3,(H,21,23). The van der Waals surface area contributed by atoms with Gasteiger partial charge < -0.3 is 10.1 Å². The summed E-state index contributed by atoms with van der Waals surface area (Å²) in [6.07, 6.45) is 0. The second-order valence-electron chi connectivity index (χ2n) is 6.23. The van der Waals surface area contributed by atoms with Gasteiger partial charge in [-0.2, -0.15) is 4.72 Å². The smallest absolute Gasteiger partial charge is 0.245 e. The number of aryl methyl sites for hydroxylation is 2. The minimum atomic E-state index is -4.01. The average molecular weight is 411 g/mol. The summed E-state index contributed by atoms with van der Waals surface area (Å²) in [6.45, 7) is 7.36. The van der Waals surface area contributed by atoms with Crippen molar-refractivity contribution in [2.75, 3.05) is 11.9 Å². The fraction of sp³-hybridized carbons (Fsp3) is 0.316. The van der Waals surface area contributed by atoms with Crippen molar-refractivity contribution in [1.29, 1.82) is 0 Å². The van der Waals surface area contributed by atoms with Gasteiger partial charge in [0.25, 0.3) is 0 Å². The fourth-order valence-corrected chi connectivity index (χ4v) is 4.22. The maximum atomic E-state index is 12.7. The van der Waals surface area contributed by atoms with Crippen LogP contribution < -0.4 is 14.8 Å². The highest BCUT2D eigenvalue weighted by Crippen LogP contribution is 2.27. The third-order valence-electron chi connectivity index (χ3n) is 3.71. The minimum absolute atomic E-state index is 0.108. The highest BCUT2D eigenvalue weighted by Gasteiger charge is 2.25. The van der Waals surface area contributed by atoms with Crippen LogP contribution in [0.15, 0.2) is 41.3 Å². The monoisotopic (exact) mass is 410 g/mol. The molecule has 2 aromatic carbocycles. The van der Waals surface area contributed by atoms with E-state index in [-0.39, 0.29) is 15.7 Å². The van der Waals surface area contributed by atoms with Crippen LogP contribution in [0, 0.1) is 13.8 Å². The van der Waals surface area contributed by atoms with E-state index in [9.17, 15) is 13.2 Å². The van der Waals surface area contributed by atoms with Crippen molar-refractivity contribution in [3.8, 4) is 5.75 Å². The van der Waals surface area contributed by atoms with Crippen LogP contribution in [-0.2, 0) is 14.8 Å². The van der Waals surface area contributed by atoms with Crippen molar-refractivity contribution in [1.82, 2.24) is 4.72 Å². The lowest BCUT2D eigenvalue weighted by atomic mass is 10.1. The second-order valence-corrected chi connectivity index (χ2v) is 8.35. The molecule has 146 valence electrons. The van der Waals surface area contributed by atoms with E-state index in [0.29, 0.717) is 12.3 Å². The molecule has 0 saturated carbocycles. The van der Waals surface area contributed by atoms with Gasteiger partial charge in [-0.05, 0) is 69.2 Å². The zero-order valence-electron chi connectivity index (χ0n) is 15.7. The molecule has 0 aliphatic rings. The molecule has 6 nitrogen and oxygen atoms in total. The van der Waals surface area contributed by atoms with Gasteiger partial charge in [0.1, 0.15) is 10.6 Å². The molecule has 2 rings (SSSR count). The minimum Gasteiger partial charge on any atom is -0.492 e. The first kappa shape index (κ1) is 21.2. The lowest BCUT2D eigenvalue weighted by Gasteiger charge is -2.17. The van der Waals surface area contributed by atoms with Crippen LogP contribution in [0.4, 0.5) is 5.69 Å². The van der Waals surface area contributed by atoms with E-state index in [1.165, 1.54) is 19.1 Å². The van der Waals surface area contributed by atoms with Gasteiger partial charge in [0.15, 0.2) is 0 Å². The SMILES string of the molecule is CCOc1ccc(Cl)cc1S(=O)(=O)NC(C)C(=O)Nc1cc(C)cc(C)c1. The number of amides is 1. The van der Waals surface area contributed by atoms with E-state index in [1.54, 1.807) is 13.0 Å². The number of carbonyl (C=O) groups is 1. The first-order chi connectivity index (χ1) is 12.6. The molecule has 8 heteroatoms. The van der Waals surface area contributed by atoms with E-state index < -0.39 is 22.0 Å². The Kier molecular flexibility index (Phi) is 6.86. The number of halogens is 1. The first-order valence-corrected chi connectivity index (χ1v) is 10.3.